The molecule has 0 fully saturated rings. The number of aromatic nitrogens is 4. The van der Waals surface area contributed by atoms with E-state index in [0.29, 0.717) is 5.95 Å². The van der Waals surface area contributed by atoms with Gasteiger partial charge in [-0.15, -0.1) is 0 Å². The van der Waals surface area contributed by atoms with Crippen molar-refractivity contribution in [3.8, 4) is 28.6 Å². The van der Waals surface area contributed by atoms with E-state index in [9.17, 15) is 0 Å². The van der Waals surface area contributed by atoms with E-state index < -0.39 is 0 Å². The zero-order valence-corrected chi connectivity index (χ0v) is 17.3. The number of anilines is 2. The van der Waals surface area contributed by atoms with Gasteiger partial charge in [-0.3, -0.25) is 4.57 Å². The molecule has 0 atom stereocenters. The molecule has 0 unspecified atom stereocenters. The molecule has 0 saturated carbocycles. The third-order valence-corrected chi connectivity index (χ3v) is 5.61. The lowest BCUT2D eigenvalue weighted by Gasteiger charge is -2.22. The second-order valence-corrected chi connectivity index (χ2v) is 7.54. The van der Waals surface area contributed by atoms with Crippen LogP contribution in [0.15, 0.2) is 85.6 Å². The van der Waals surface area contributed by atoms with E-state index in [1.54, 1.807) is 17.1 Å². The fourth-order valence-electron chi connectivity index (χ4n) is 3.90. The van der Waals surface area contributed by atoms with Crippen molar-refractivity contribution < 1.29 is 9.47 Å². The molecule has 3 aromatic carbocycles. The zero-order valence-electron chi connectivity index (χ0n) is 17.3. The summed E-state index contributed by atoms with van der Waals surface area (Å²) in [5, 5.41) is 2.36. The van der Waals surface area contributed by atoms with E-state index in [-0.39, 0.29) is 6.79 Å². The van der Waals surface area contributed by atoms with Crippen molar-refractivity contribution in [2.75, 3.05) is 18.7 Å². The van der Waals surface area contributed by atoms with Crippen LogP contribution in [-0.2, 0) is 0 Å². The van der Waals surface area contributed by atoms with Crippen LogP contribution >= 0.6 is 0 Å². The lowest BCUT2D eigenvalue weighted by molar-refractivity contribution is 0.174. The van der Waals surface area contributed by atoms with Crippen LogP contribution < -0.4 is 14.4 Å². The van der Waals surface area contributed by atoms with Crippen LogP contribution in [0.1, 0.15) is 0 Å². The van der Waals surface area contributed by atoms with Crippen LogP contribution in [0.2, 0.25) is 0 Å². The highest BCUT2D eigenvalue weighted by atomic mass is 16.7. The minimum Gasteiger partial charge on any atom is -0.454 e. The molecular formula is C25H19N5O2. The summed E-state index contributed by atoms with van der Waals surface area (Å²) >= 11 is 0. The fourth-order valence-corrected chi connectivity index (χ4v) is 3.90. The Morgan fingerprint density at radius 3 is 2.69 bits per heavy atom. The summed E-state index contributed by atoms with van der Waals surface area (Å²) in [6.45, 7) is 0.239. The van der Waals surface area contributed by atoms with Gasteiger partial charge in [0.1, 0.15) is 12.1 Å². The standard InChI is InChI=1S/C25H19N5O2/c1-29(20-8-9-22-23(13-20)32-16-31-22)24-21(14-27-25(28-24)30-11-10-26-15-30)19-7-6-17-4-2-3-5-18(17)12-19/h2-15H,16H2,1H3. The predicted molar refractivity (Wildman–Crippen MR) is 123 cm³/mol. The second-order valence-electron chi connectivity index (χ2n) is 7.54. The number of hydrogen-bond donors (Lipinski definition) is 0. The Labute approximate surface area is 184 Å². The average Bonchev–Trinajstić information content (AvgIpc) is 3.55. The van der Waals surface area contributed by atoms with E-state index in [0.717, 1.165) is 34.1 Å². The first-order chi connectivity index (χ1) is 15.8. The molecule has 156 valence electrons. The van der Waals surface area contributed by atoms with Gasteiger partial charge in [-0.05, 0) is 34.5 Å². The van der Waals surface area contributed by atoms with Crippen LogP contribution in [0, 0.1) is 0 Å². The Morgan fingerprint density at radius 2 is 1.81 bits per heavy atom. The van der Waals surface area contributed by atoms with Gasteiger partial charge in [0.05, 0.1) is 0 Å². The Kier molecular flexibility index (Phi) is 4.24. The van der Waals surface area contributed by atoms with Gasteiger partial charge < -0.3 is 14.4 Å². The molecule has 0 bridgehead atoms. The maximum Gasteiger partial charge on any atom is 0.236 e. The van der Waals surface area contributed by atoms with Gasteiger partial charge in [0.15, 0.2) is 11.5 Å². The Bertz CT molecular complexity index is 1430. The highest BCUT2D eigenvalue weighted by molar-refractivity contribution is 5.90. The highest BCUT2D eigenvalue weighted by Crippen LogP contribution is 2.39. The smallest absolute Gasteiger partial charge is 0.236 e. The first-order valence-corrected chi connectivity index (χ1v) is 10.2. The number of hydrogen-bond acceptors (Lipinski definition) is 6. The third kappa shape index (κ3) is 3.11. The van der Waals surface area contributed by atoms with E-state index in [2.05, 4.69) is 40.3 Å². The van der Waals surface area contributed by atoms with Crippen molar-refractivity contribution in [3.05, 3.63) is 85.6 Å². The highest BCUT2D eigenvalue weighted by Gasteiger charge is 2.19. The van der Waals surface area contributed by atoms with Crippen LogP contribution in [0.3, 0.4) is 0 Å². The molecule has 32 heavy (non-hydrogen) atoms. The molecule has 0 aliphatic carbocycles. The summed E-state index contributed by atoms with van der Waals surface area (Å²) in [7, 11) is 1.99. The molecular weight excluding hydrogens is 402 g/mol. The first kappa shape index (κ1) is 18.4. The molecule has 5 aromatic rings. The van der Waals surface area contributed by atoms with Crippen LogP contribution in [0.25, 0.3) is 27.8 Å². The molecule has 0 radical (unpaired) electrons. The Balaban J connectivity index is 1.51. The van der Waals surface area contributed by atoms with E-state index in [4.69, 9.17) is 14.5 Å². The van der Waals surface area contributed by atoms with Gasteiger partial charge >= 0.3 is 0 Å². The maximum atomic E-state index is 5.58. The van der Waals surface area contributed by atoms with E-state index in [1.165, 1.54) is 10.8 Å². The summed E-state index contributed by atoms with van der Waals surface area (Å²) in [6, 6.07) is 20.6. The minimum atomic E-state index is 0.239. The molecule has 0 N–H and O–H groups in total. The number of ether oxygens (including phenoxy) is 2. The van der Waals surface area contributed by atoms with Gasteiger partial charge in [0.25, 0.3) is 0 Å². The van der Waals surface area contributed by atoms with Crippen LogP contribution in [0.5, 0.6) is 11.5 Å². The van der Waals surface area contributed by atoms with Gasteiger partial charge in [-0.25, -0.2) is 9.97 Å². The topological polar surface area (TPSA) is 65.3 Å². The number of nitrogens with zero attached hydrogens (tertiary/aromatic N) is 5. The molecule has 0 amide bonds. The normalized spacial score (nSPS) is 12.3. The third-order valence-electron chi connectivity index (χ3n) is 5.61. The zero-order chi connectivity index (χ0) is 21.5. The Hall–Kier alpha value is -4.39. The monoisotopic (exact) mass is 421 g/mol. The molecule has 0 spiro atoms. The SMILES string of the molecule is CN(c1ccc2c(c1)OCO2)c1nc(-n2ccnc2)ncc1-c1ccc2ccccc2c1. The number of imidazole rings is 1. The van der Waals surface area contributed by atoms with Crippen molar-refractivity contribution >= 4 is 22.3 Å². The van der Waals surface area contributed by atoms with Crippen molar-refractivity contribution in [3.63, 3.8) is 0 Å². The molecule has 2 aromatic heterocycles. The van der Waals surface area contributed by atoms with Crippen LogP contribution in [0.4, 0.5) is 11.5 Å². The predicted octanol–water partition coefficient (Wildman–Crippen LogP) is 4.98. The summed E-state index contributed by atoms with van der Waals surface area (Å²) in [5.74, 6) is 2.80. The maximum absolute atomic E-state index is 5.58. The molecule has 7 nitrogen and oxygen atoms in total. The molecule has 3 heterocycles. The Morgan fingerprint density at radius 1 is 0.938 bits per heavy atom. The van der Waals surface area contributed by atoms with Crippen LogP contribution in [-0.4, -0.2) is 33.4 Å². The first-order valence-electron chi connectivity index (χ1n) is 10.2. The molecule has 1 aliphatic rings. The van der Waals surface area contributed by atoms with Gasteiger partial charge in [0.2, 0.25) is 12.7 Å². The van der Waals surface area contributed by atoms with Crippen molar-refractivity contribution in [2.45, 2.75) is 0 Å². The molecule has 7 heteroatoms. The lowest BCUT2D eigenvalue weighted by Crippen LogP contribution is -2.14. The van der Waals surface area contributed by atoms with E-state index >= 15 is 0 Å². The number of benzene rings is 3. The average molecular weight is 421 g/mol. The van der Waals surface area contributed by atoms with Gasteiger partial charge in [-0.1, -0.05) is 36.4 Å². The molecule has 1 aliphatic heterocycles. The van der Waals surface area contributed by atoms with Crippen molar-refractivity contribution in [1.82, 2.24) is 19.5 Å². The van der Waals surface area contributed by atoms with Crippen molar-refractivity contribution in [1.29, 1.82) is 0 Å². The summed E-state index contributed by atoms with van der Waals surface area (Å²) < 4.78 is 12.8. The van der Waals surface area contributed by atoms with Gasteiger partial charge in [0, 0.05) is 43.0 Å². The summed E-state index contributed by atoms with van der Waals surface area (Å²) in [4.78, 5) is 15.7. The second kappa shape index (κ2) is 7.39. The number of fused-ring (bicyclic) bond motifs is 2. The minimum absolute atomic E-state index is 0.239. The number of rotatable bonds is 4. The quantitative estimate of drug-likeness (QED) is 0.408. The summed E-state index contributed by atoms with van der Waals surface area (Å²) in [5.41, 5.74) is 2.91. The molecule has 0 saturated heterocycles. The summed E-state index contributed by atoms with van der Waals surface area (Å²) in [6.07, 6.45) is 7.10. The largest absolute Gasteiger partial charge is 0.454 e. The lowest BCUT2D eigenvalue weighted by atomic mass is 10.0. The van der Waals surface area contributed by atoms with Gasteiger partial charge in [-0.2, -0.15) is 4.98 Å². The molecule has 6 rings (SSSR count). The van der Waals surface area contributed by atoms with E-state index in [1.807, 2.05) is 54.7 Å². The fraction of sp³-hybridized carbons (Fsp3) is 0.0800. The van der Waals surface area contributed by atoms with Crippen molar-refractivity contribution in [2.24, 2.45) is 0 Å².